The second-order valence-electron chi connectivity index (χ2n) is 3.02. The van der Waals surface area contributed by atoms with E-state index < -0.39 is 0 Å². The number of rotatable bonds is 2. The minimum Gasteiger partial charge on any atom is -0.465 e. The summed E-state index contributed by atoms with van der Waals surface area (Å²) < 4.78 is 4.64. The summed E-state index contributed by atoms with van der Waals surface area (Å²) in [6.07, 6.45) is 5.78. The monoisotopic (exact) mass is 188 g/mol. The maximum absolute atomic E-state index is 11.2. The number of aryl methyl sites for hydroxylation is 1. The van der Waals surface area contributed by atoms with Crippen LogP contribution in [0.3, 0.4) is 0 Å². The molecule has 0 aliphatic heterocycles. The van der Waals surface area contributed by atoms with E-state index in [0.717, 1.165) is 11.1 Å². The number of hydrogen-bond acceptors (Lipinski definition) is 2. The molecule has 2 heteroatoms. The summed E-state index contributed by atoms with van der Waals surface area (Å²) in [6.45, 7) is 1.87. The van der Waals surface area contributed by atoms with Gasteiger partial charge >= 0.3 is 5.97 Å². The maximum Gasteiger partial charge on any atom is 0.338 e. The molecule has 72 valence electrons. The predicted octanol–water partition coefficient (Wildman–Crippen LogP) is 1.96. The molecule has 0 spiro atoms. The van der Waals surface area contributed by atoms with Crippen LogP contribution < -0.4 is 0 Å². The molecular formula is C12H12O2. The molecule has 0 radical (unpaired) electrons. The van der Waals surface area contributed by atoms with Crippen LogP contribution in [-0.4, -0.2) is 13.1 Å². The third kappa shape index (κ3) is 2.14. The molecule has 0 aromatic heterocycles. The molecule has 0 aliphatic carbocycles. The standard InChI is InChI=1S/C12H12O2/c1-4-5-10-6-7-11(9(2)8-10)12(13)14-3/h1,6-8H,5H2,2-3H3. The van der Waals surface area contributed by atoms with Gasteiger partial charge in [-0.3, -0.25) is 0 Å². The molecule has 2 nitrogen and oxygen atoms in total. The first kappa shape index (κ1) is 10.3. The molecule has 0 unspecified atom stereocenters. The van der Waals surface area contributed by atoms with E-state index in [1.54, 1.807) is 6.07 Å². The minimum absolute atomic E-state index is 0.310. The molecule has 0 heterocycles. The zero-order valence-electron chi connectivity index (χ0n) is 8.33. The van der Waals surface area contributed by atoms with E-state index in [2.05, 4.69) is 10.7 Å². The van der Waals surface area contributed by atoms with Crippen LogP contribution in [-0.2, 0) is 11.2 Å². The van der Waals surface area contributed by atoms with Crippen molar-refractivity contribution in [2.45, 2.75) is 13.3 Å². The Bertz CT molecular complexity index is 386. The first-order chi connectivity index (χ1) is 6.69. The van der Waals surface area contributed by atoms with Gasteiger partial charge in [0.1, 0.15) is 0 Å². The number of hydrogen-bond donors (Lipinski definition) is 0. The van der Waals surface area contributed by atoms with Crippen LogP contribution in [0.5, 0.6) is 0 Å². The van der Waals surface area contributed by atoms with E-state index in [-0.39, 0.29) is 5.97 Å². The largest absolute Gasteiger partial charge is 0.465 e. The number of terminal acetylenes is 1. The van der Waals surface area contributed by atoms with Crippen LogP contribution in [0, 0.1) is 19.3 Å². The highest BCUT2D eigenvalue weighted by molar-refractivity contribution is 5.90. The fourth-order valence-corrected chi connectivity index (χ4v) is 1.29. The third-order valence-electron chi connectivity index (χ3n) is 2.00. The average Bonchev–Trinajstić information content (AvgIpc) is 2.17. The number of carbonyl (C=O) groups excluding carboxylic acids is 1. The molecule has 0 fully saturated rings. The molecule has 1 aromatic carbocycles. The lowest BCUT2D eigenvalue weighted by Gasteiger charge is -2.04. The van der Waals surface area contributed by atoms with Gasteiger partial charge in [0.2, 0.25) is 0 Å². The molecule has 0 amide bonds. The smallest absolute Gasteiger partial charge is 0.338 e. The molecule has 0 aliphatic rings. The molecule has 0 atom stereocenters. The van der Waals surface area contributed by atoms with Crippen LogP contribution in [0.2, 0.25) is 0 Å². The summed E-state index contributed by atoms with van der Waals surface area (Å²) in [6, 6.07) is 5.50. The normalized spacial score (nSPS) is 9.21. The van der Waals surface area contributed by atoms with Gasteiger partial charge in [-0.05, 0) is 24.1 Å². The summed E-state index contributed by atoms with van der Waals surface area (Å²) in [5, 5.41) is 0. The maximum atomic E-state index is 11.2. The fourth-order valence-electron chi connectivity index (χ4n) is 1.29. The summed E-state index contributed by atoms with van der Waals surface area (Å²) in [4.78, 5) is 11.2. The molecule has 0 N–H and O–H groups in total. The van der Waals surface area contributed by atoms with E-state index in [1.807, 2.05) is 19.1 Å². The van der Waals surface area contributed by atoms with Gasteiger partial charge in [0.25, 0.3) is 0 Å². The van der Waals surface area contributed by atoms with E-state index in [9.17, 15) is 4.79 Å². The molecule has 0 saturated carbocycles. The fraction of sp³-hybridized carbons (Fsp3) is 0.250. The van der Waals surface area contributed by atoms with Gasteiger partial charge in [-0.25, -0.2) is 4.79 Å². The SMILES string of the molecule is C#CCc1ccc(C(=O)OC)c(C)c1. The highest BCUT2D eigenvalue weighted by Crippen LogP contribution is 2.12. The van der Waals surface area contributed by atoms with Crippen molar-refractivity contribution in [3.05, 3.63) is 34.9 Å². The number of carbonyl (C=O) groups is 1. The van der Waals surface area contributed by atoms with Gasteiger partial charge in [0, 0.05) is 6.42 Å². The number of esters is 1. The summed E-state index contributed by atoms with van der Waals surface area (Å²) in [7, 11) is 1.37. The average molecular weight is 188 g/mol. The van der Waals surface area contributed by atoms with Gasteiger partial charge in [-0.1, -0.05) is 12.1 Å². The van der Waals surface area contributed by atoms with E-state index in [4.69, 9.17) is 6.42 Å². The van der Waals surface area contributed by atoms with Gasteiger partial charge in [-0.15, -0.1) is 12.3 Å². The Balaban J connectivity index is 3.02. The Kier molecular flexibility index (Phi) is 3.30. The van der Waals surface area contributed by atoms with Crippen molar-refractivity contribution < 1.29 is 9.53 Å². The van der Waals surface area contributed by atoms with Gasteiger partial charge in [0.05, 0.1) is 12.7 Å². The summed E-state index contributed by atoms with van der Waals surface area (Å²) in [5.74, 6) is 2.25. The Hall–Kier alpha value is -1.75. The van der Waals surface area contributed by atoms with Crippen molar-refractivity contribution in [2.24, 2.45) is 0 Å². The quantitative estimate of drug-likeness (QED) is 0.524. The lowest BCUT2D eigenvalue weighted by Crippen LogP contribution is -2.03. The Morgan fingerprint density at radius 1 is 1.57 bits per heavy atom. The number of benzene rings is 1. The molecule has 1 aromatic rings. The summed E-state index contributed by atoms with van der Waals surface area (Å²) >= 11 is 0. The van der Waals surface area contributed by atoms with Gasteiger partial charge in [-0.2, -0.15) is 0 Å². The lowest BCUT2D eigenvalue weighted by molar-refractivity contribution is 0.0600. The van der Waals surface area contributed by atoms with Gasteiger partial charge in [0.15, 0.2) is 0 Å². The van der Waals surface area contributed by atoms with Crippen molar-refractivity contribution in [2.75, 3.05) is 7.11 Å². The second-order valence-corrected chi connectivity index (χ2v) is 3.02. The Morgan fingerprint density at radius 2 is 2.29 bits per heavy atom. The van der Waals surface area contributed by atoms with Crippen molar-refractivity contribution in [1.29, 1.82) is 0 Å². The molecular weight excluding hydrogens is 176 g/mol. The van der Waals surface area contributed by atoms with Gasteiger partial charge < -0.3 is 4.74 Å². The third-order valence-corrected chi connectivity index (χ3v) is 2.00. The summed E-state index contributed by atoms with van der Waals surface area (Å²) in [5.41, 5.74) is 2.52. The first-order valence-electron chi connectivity index (χ1n) is 4.30. The first-order valence-corrected chi connectivity index (χ1v) is 4.30. The van der Waals surface area contributed by atoms with Crippen LogP contribution in [0.4, 0.5) is 0 Å². The zero-order chi connectivity index (χ0) is 10.6. The van der Waals surface area contributed by atoms with Crippen LogP contribution >= 0.6 is 0 Å². The lowest BCUT2D eigenvalue weighted by atomic mass is 10.0. The van der Waals surface area contributed by atoms with Crippen molar-refractivity contribution >= 4 is 5.97 Å². The second kappa shape index (κ2) is 4.48. The molecule has 14 heavy (non-hydrogen) atoms. The van der Waals surface area contributed by atoms with E-state index >= 15 is 0 Å². The van der Waals surface area contributed by atoms with Crippen LogP contribution in [0.15, 0.2) is 18.2 Å². The number of methoxy groups -OCH3 is 1. The molecule has 0 saturated heterocycles. The van der Waals surface area contributed by atoms with E-state index in [1.165, 1.54) is 7.11 Å². The van der Waals surface area contributed by atoms with Crippen molar-refractivity contribution in [1.82, 2.24) is 0 Å². The molecule has 1 rings (SSSR count). The van der Waals surface area contributed by atoms with E-state index in [0.29, 0.717) is 12.0 Å². The highest BCUT2D eigenvalue weighted by atomic mass is 16.5. The number of ether oxygens (including phenoxy) is 1. The zero-order valence-corrected chi connectivity index (χ0v) is 8.33. The predicted molar refractivity (Wildman–Crippen MR) is 55.1 cm³/mol. The molecule has 0 bridgehead atoms. The Labute approximate surface area is 83.9 Å². The van der Waals surface area contributed by atoms with Crippen molar-refractivity contribution in [3.8, 4) is 12.3 Å². The highest BCUT2D eigenvalue weighted by Gasteiger charge is 2.08. The topological polar surface area (TPSA) is 26.3 Å². The Morgan fingerprint density at radius 3 is 2.79 bits per heavy atom. The van der Waals surface area contributed by atoms with Crippen molar-refractivity contribution in [3.63, 3.8) is 0 Å². The van der Waals surface area contributed by atoms with Crippen LogP contribution in [0.1, 0.15) is 21.5 Å². The minimum atomic E-state index is -0.310. The van der Waals surface area contributed by atoms with Crippen LogP contribution in [0.25, 0.3) is 0 Å².